The number of nitrogens with zero attached hydrogens (tertiary/aromatic N) is 5. The highest BCUT2D eigenvalue weighted by molar-refractivity contribution is 6.04. The highest BCUT2D eigenvalue weighted by Crippen LogP contribution is 2.40. The van der Waals surface area contributed by atoms with Crippen molar-refractivity contribution < 1.29 is 28.5 Å². The van der Waals surface area contributed by atoms with Crippen molar-refractivity contribution in [1.82, 2.24) is 20.2 Å². The van der Waals surface area contributed by atoms with Crippen LogP contribution in [0.5, 0.6) is 5.75 Å². The molecule has 0 unspecified atom stereocenters. The zero-order chi connectivity index (χ0) is 34.0. The maximum Gasteiger partial charge on any atom is 0.251 e. The van der Waals surface area contributed by atoms with Gasteiger partial charge in [0.05, 0.1) is 32.2 Å². The second kappa shape index (κ2) is 17.2. The molecule has 3 heterocycles. The minimum absolute atomic E-state index is 0.0809. The maximum absolute atomic E-state index is 13.2. The molecule has 2 aliphatic heterocycles. The molecule has 3 aliphatic rings. The molecule has 2 amide bonds. The summed E-state index contributed by atoms with van der Waals surface area (Å²) in [5.74, 6) is 1.65. The normalized spacial score (nSPS) is 19.2. The average Bonchev–Trinajstić information content (AvgIpc) is 3.64. The molecule has 0 radical (unpaired) electrons. The Kier molecular flexibility index (Phi) is 12.8. The zero-order valence-corrected chi connectivity index (χ0v) is 29.2. The van der Waals surface area contributed by atoms with Crippen molar-refractivity contribution >= 4 is 35.0 Å². The number of methoxy groups -OCH3 is 1. The van der Waals surface area contributed by atoms with Gasteiger partial charge in [0, 0.05) is 57.5 Å². The topological polar surface area (TPSA) is 131 Å². The Labute approximate surface area is 284 Å². The number of aromatic nitrogens is 2. The third-order valence-corrected chi connectivity index (χ3v) is 9.56. The summed E-state index contributed by atoms with van der Waals surface area (Å²) < 4.78 is 22.5. The number of hydrogen-bond donors (Lipinski definition) is 2. The van der Waals surface area contributed by atoms with E-state index in [0.29, 0.717) is 61.5 Å². The van der Waals surface area contributed by atoms with Gasteiger partial charge < -0.3 is 44.3 Å². The molecule has 1 saturated carbocycles. The predicted octanol–water partition coefficient (Wildman–Crippen LogP) is 4.34. The highest BCUT2D eigenvalue weighted by Gasteiger charge is 2.41. The number of hydrogen-bond acceptors (Lipinski definition) is 11. The van der Waals surface area contributed by atoms with Crippen molar-refractivity contribution in [2.45, 2.75) is 90.1 Å². The first-order valence-electron chi connectivity index (χ1n) is 17.6. The van der Waals surface area contributed by atoms with Crippen molar-refractivity contribution in [2.24, 2.45) is 0 Å². The van der Waals surface area contributed by atoms with Gasteiger partial charge in [0.2, 0.25) is 11.9 Å². The Morgan fingerprint density at radius 1 is 1.06 bits per heavy atom. The zero-order valence-electron chi connectivity index (χ0n) is 29.2. The molecule has 0 spiro atoms. The minimum atomic E-state index is -0.322. The van der Waals surface area contributed by atoms with Gasteiger partial charge in [0.25, 0.3) is 5.91 Å². The van der Waals surface area contributed by atoms with Gasteiger partial charge in [0.15, 0.2) is 12.1 Å². The molecule has 264 valence electrons. The van der Waals surface area contributed by atoms with E-state index >= 15 is 0 Å². The van der Waals surface area contributed by atoms with Crippen molar-refractivity contribution in [3.8, 4) is 5.75 Å². The van der Waals surface area contributed by atoms with E-state index in [9.17, 15) is 9.59 Å². The molecule has 1 aromatic heterocycles. The van der Waals surface area contributed by atoms with Crippen LogP contribution in [0.1, 0.15) is 76.1 Å². The van der Waals surface area contributed by atoms with Crippen molar-refractivity contribution in [1.29, 1.82) is 0 Å². The van der Waals surface area contributed by atoms with Gasteiger partial charge >= 0.3 is 0 Å². The van der Waals surface area contributed by atoms with Crippen LogP contribution in [-0.4, -0.2) is 111 Å². The molecule has 2 aromatic rings. The number of likely N-dealkylation sites (N-methyl/N-ethyl adjacent to an activating group) is 1. The lowest BCUT2D eigenvalue weighted by atomic mass is 10.0. The van der Waals surface area contributed by atoms with E-state index in [1.807, 2.05) is 19.9 Å². The maximum atomic E-state index is 13.2. The lowest BCUT2D eigenvalue weighted by molar-refractivity contribution is -0.167. The quantitative estimate of drug-likeness (QED) is 0.196. The fraction of sp³-hybridized carbons (Fsp3) is 0.657. The summed E-state index contributed by atoms with van der Waals surface area (Å²) in [6.45, 7) is 10.8. The first-order valence-corrected chi connectivity index (χ1v) is 17.6. The first kappa shape index (κ1) is 35.8. The van der Waals surface area contributed by atoms with E-state index < -0.39 is 0 Å². The Morgan fingerprint density at radius 3 is 2.46 bits per heavy atom. The van der Waals surface area contributed by atoms with Gasteiger partial charge in [-0.2, -0.15) is 4.98 Å². The Morgan fingerprint density at radius 2 is 1.79 bits per heavy atom. The predicted molar refractivity (Wildman–Crippen MR) is 185 cm³/mol. The lowest BCUT2D eigenvalue weighted by Gasteiger charge is -2.43. The number of fused-ring (bicyclic) bond motifs is 1. The van der Waals surface area contributed by atoms with Crippen LogP contribution < -0.4 is 25.2 Å². The molecule has 13 nitrogen and oxygen atoms in total. The minimum Gasteiger partial charge on any atom is -0.495 e. The summed E-state index contributed by atoms with van der Waals surface area (Å²) in [5, 5.41) is 6.50. The van der Waals surface area contributed by atoms with E-state index in [-0.39, 0.29) is 36.2 Å². The fourth-order valence-corrected chi connectivity index (χ4v) is 6.96. The molecule has 1 aliphatic carbocycles. The van der Waals surface area contributed by atoms with Gasteiger partial charge in [-0.05, 0) is 64.2 Å². The van der Waals surface area contributed by atoms with Gasteiger partial charge in [-0.25, -0.2) is 4.98 Å². The van der Waals surface area contributed by atoms with Crippen molar-refractivity contribution in [2.75, 3.05) is 75.3 Å². The Bertz CT molecular complexity index is 1360. The molecule has 0 bridgehead atoms. The van der Waals surface area contributed by atoms with Crippen LogP contribution >= 0.6 is 0 Å². The molecule has 5 rings (SSSR count). The average molecular weight is 668 g/mol. The van der Waals surface area contributed by atoms with Gasteiger partial charge in [-0.3, -0.25) is 9.59 Å². The second-order valence-electron chi connectivity index (χ2n) is 12.6. The SMILES string of the molecule is CCOC(COCCN1CCC(NC(=O)c2ccc(Nc3ncc4c(n3)N(C3CCCC3)[C@H](CC)C(=O)N4C)c(OC)c2)CC1)OCC. The summed E-state index contributed by atoms with van der Waals surface area (Å²) in [6, 6.07) is 5.49. The number of nitrogens with one attached hydrogen (secondary N) is 2. The molecule has 48 heavy (non-hydrogen) atoms. The third kappa shape index (κ3) is 8.55. The Hall–Kier alpha value is -3.52. The second-order valence-corrected chi connectivity index (χ2v) is 12.6. The first-order chi connectivity index (χ1) is 23.4. The monoisotopic (exact) mass is 667 g/mol. The smallest absolute Gasteiger partial charge is 0.251 e. The van der Waals surface area contributed by atoms with Crippen LogP contribution in [0.4, 0.5) is 23.1 Å². The number of carbonyl (C=O) groups is 2. The number of rotatable bonds is 16. The van der Waals surface area contributed by atoms with Gasteiger partial charge in [0.1, 0.15) is 17.5 Å². The van der Waals surface area contributed by atoms with E-state index in [0.717, 1.165) is 64.0 Å². The molecule has 1 atom stereocenters. The number of amides is 2. The number of anilines is 4. The largest absolute Gasteiger partial charge is 0.495 e. The summed E-state index contributed by atoms with van der Waals surface area (Å²) >= 11 is 0. The van der Waals surface area contributed by atoms with Crippen LogP contribution in [-0.2, 0) is 19.0 Å². The standard InChI is InChI=1S/C35H53N7O6/c1-6-28-34(44)40(4)29-22-36-35(39-32(29)42(28)26-11-9-10-12-26)38-27-14-13-24(21-30(27)45-5)33(43)37-25-15-17-41(18-16-25)19-20-46-23-31(47-7-2)48-8-3/h13-14,21-22,25-26,28,31H,6-12,15-20,23H2,1-5H3,(H,37,43)(H,36,38,39)/t28-/m1/s1. The summed E-state index contributed by atoms with van der Waals surface area (Å²) in [5.41, 5.74) is 1.89. The highest BCUT2D eigenvalue weighted by atomic mass is 16.7. The summed E-state index contributed by atoms with van der Waals surface area (Å²) in [6.07, 6.45) is 8.26. The number of ether oxygens (including phenoxy) is 4. The summed E-state index contributed by atoms with van der Waals surface area (Å²) in [7, 11) is 3.37. The molecule has 2 N–H and O–H groups in total. The van der Waals surface area contributed by atoms with Crippen molar-refractivity contribution in [3.63, 3.8) is 0 Å². The third-order valence-electron chi connectivity index (χ3n) is 9.56. The number of piperidine rings is 1. The molecular weight excluding hydrogens is 614 g/mol. The molecular formula is C35H53N7O6. The molecule has 1 aromatic carbocycles. The van der Waals surface area contributed by atoms with Gasteiger partial charge in [-0.15, -0.1) is 0 Å². The van der Waals surface area contributed by atoms with Crippen molar-refractivity contribution in [3.05, 3.63) is 30.0 Å². The van der Waals surface area contributed by atoms with E-state index in [2.05, 4.69) is 32.3 Å². The van der Waals surface area contributed by atoms with Crippen LogP contribution in [0.3, 0.4) is 0 Å². The number of carbonyl (C=O) groups excluding carboxylic acids is 2. The van der Waals surface area contributed by atoms with Crippen LogP contribution in [0.15, 0.2) is 24.4 Å². The van der Waals surface area contributed by atoms with E-state index in [1.54, 1.807) is 37.4 Å². The fourth-order valence-electron chi connectivity index (χ4n) is 6.96. The van der Waals surface area contributed by atoms with Gasteiger partial charge in [-0.1, -0.05) is 19.8 Å². The summed E-state index contributed by atoms with van der Waals surface area (Å²) in [4.78, 5) is 42.2. The molecule has 2 fully saturated rings. The molecule has 1 saturated heterocycles. The van der Waals surface area contributed by atoms with E-state index in [4.69, 9.17) is 23.9 Å². The number of benzene rings is 1. The Balaban J connectivity index is 1.16. The lowest BCUT2D eigenvalue weighted by Crippen LogP contribution is -2.55. The van der Waals surface area contributed by atoms with E-state index in [1.165, 1.54) is 0 Å². The van der Waals surface area contributed by atoms with Crippen LogP contribution in [0.2, 0.25) is 0 Å². The number of likely N-dealkylation sites (tertiary alicyclic amines) is 1. The van der Waals surface area contributed by atoms with Crippen LogP contribution in [0.25, 0.3) is 0 Å². The van der Waals surface area contributed by atoms with Crippen LogP contribution in [0, 0.1) is 0 Å². The molecule has 13 heteroatoms.